The number of hydrogen-bond donors (Lipinski definition) is 0. The van der Waals surface area contributed by atoms with Gasteiger partial charge in [-0.2, -0.15) is 0 Å². The van der Waals surface area contributed by atoms with Gasteiger partial charge < -0.3 is 4.57 Å². The van der Waals surface area contributed by atoms with E-state index in [1.54, 1.807) is 0 Å². The van der Waals surface area contributed by atoms with Crippen LogP contribution in [0.15, 0.2) is 48.1 Å². The van der Waals surface area contributed by atoms with Gasteiger partial charge in [0.05, 0.1) is 0 Å². The Bertz CT molecular complexity index is 561. The third kappa shape index (κ3) is 2.70. The number of benzene rings is 1. The number of rotatable bonds is 5. The second-order valence-corrected chi connectivity index (χ2v) is 4.74. The number of nitrogens with zero attached hydrogens (tertiary/aromatic N) is 2. The quantitative estimate of drug-likeness (QED) is 0.554. The van der Waals surface area contributed by atoms with Gasteiger partial charge in [-0.1, -0.05) is 24.3 Å². The number of aryl methyl sites for hydroxylation is 1. The maximum absolute atomic E-state index is 4.48. The second-order valence-electron chi connectivity index (χ2n) is 4.74. The molecule has 0 N–H and O–H groups in total. The van der Waals surface area contributed by atoms with Crippen LogP contribution >= 0.6 is 0 Å². The summed E-state index contributed by atoms with van der Waals surface area (Å²) in [6.07, 6.45) is 7.10. The smallest absolute Gasteiger partial charge is 0.0487 e. The molecule has 0 aliphatic carbocycles. The van der Waals surface area contributed by atoms with Crippen molar-refractivity contribution in [1.82, 2.24) is 4.57 Å². The minimum atomic E-state index is 0.334. The van der Waals surface area contributed by atoms with Crippen LogP contribution in [0.4, 0.5) is 0 Å². The molecule has 0 spiro atoms. The van der Waals surface area contributed by atoms with Gasteiger partial charge in [-0.15, -0.1) is 6.58 Å². The Morgan fingerprint density at radius 1 is 1.33 bits per heavy atom. The van der Waals surface area contributed by atoms with Crippen molar-refractivity contribution in [3.05, 3.63) is 48.7 Å². The van der Waals surface area contributed by atoms with Gasteiger partial charge in [0.2, 0.25) is 0 Å². The van der Waals surface area contributed by atoms with Crippen LogP contribution in [0.3, 0.4) is 0 Å². The predicted molar refractivity (Wildman–Crippen MR) is 79.5 cm³/mol. The van der Waals surface area contributed by atoms with Gasteiger partial charge in [-0.25, -0.2) is 0 Å². The Labute approximate surface area is 109 Å². The zero-order valence-corrected chi connectivity index (χ0v) is 11.1. The summed E-state index contributed by atoms with van der Waals surface area (Å²) in [4.78, 5) is 4.48. The van der Waals surface area contributed by atoms with E-state index in [9.17, 15) is 0 Å². The fourth-order valence-electron chi connectivity index (χ4n) is 2.02. The average Bonchev–Trinajstić information content (AvgIpc) is 2.72. The highest BCUT2D eigenvalue weighted by Gasteiger charge is 2.05. The maximum Gasteiger partial charge on any atom is 0.0487 e. The van der Waals surface area contributed by atoms with Crippen LogP contribution < -0.4 is 0 Å². The van der Waals surface area contributed by atoms with E-state index in [0.29, 0.717) is 6.04 Å². The Hall–Kier alpha value is -1.83. The first-order chi connectivity index (χ1) is 8.72. The maximum atomic E-state index is 4.48. The summed E-state index contributed by atoms with van der Waals surface area (Å²) >= 11 is 0. The third-order valence-electron chi connectivity index (χ3n) is 2.91. The van der Waals surface area contributed by atoms with Crippen molar-refractivity contribution in [3.63, 3.8) is 0 Å². The minimum Gasteiger partial charge on any atom is -0.346 e. The lowest BCUT2D eigenvalue weighted by Crippen LogP contribution is -1.94. The molecule has 1 aromatic heterocycles. The molecule has 94 valence electrons. The number of aromatic nitrogens is 1. The number of fused-ring (bicyclic) bond motifs is 1. The summed E-state index contributed by atoms with van der Waals surface area (Å²) < 4.78 is 2.28. The fraction of sp³-hybridized carbons (Fsp3) is 0.312. The van der Waals surface area contributed by atoms with E-state index < -0.39 is 0 Å². The van der Waals surface area contributed by atoms with E-state index in [1.807, 2.05) is 12.3 Å². The van der Waals surface area contributed by atoms with Gasteiger partial charge in [0.1, 0.15) is 0 Å². The van der Waals surface area contributed by atoms with Crippen LogP contribution in [-0.2, 0) is 6.54 Å². The molecule has 0 amide bonds. The number of aliphatic imine (C=N–C) groups is 1. The van der Waals surface area contributed by atoms with Crippen molar-refractivity contribution < 1.29 is 0 Å². The molecule has 1 heterocycles. The molecule has 2 nitrogen and oxygen atoms in total. The summed E-state index contributed by atoms with van der Waals surface area (Å²) in [5, 5.41) is 1.27. The highest BCUT2D eigenvalue weighted by Crippen LogP contribution is 2.20. The first-order valence-electron chi connectivity index (χ1n) is 6.44. The largest absolute Gasteiger partial charge is 0.346 e. The van der Waals surface area contributed by atoms with Gasteiger partial charge in [0.25, 0.3) is 0 Å². The summed E-state index contributed by atoms with van der Waals surface area (Å²) in [5.41, 5.74) is 2.47. The molecule has 2 heteroatoms. The van der Waals surface area contributed by atoms with Gasteiger partial charge in [-0.05, 0) is 26.3 Å². The molecule has 0 bridgehead atoms. The van der Waals surface area contributed by atoms with Crippen molar-refractivity contribution in [2.75, 3.05) is 0 Å². The molecular weight excluding hydrogens is 220 g/mol. The standard InChI is InChI=1S/C16H20N2/c1-4-5-10-18-12-14(11-17-13(2)3)15-8-6-7-9-16(15)18/h4,6-9,11-13H,1,5,10H2,2-3H3. The van der Waals surface area contributed by atoms with Crippen LogP contribution in [0, 0.1) is 0 Å². The molecule has 0 unspecified atom stereocenters. The van der Waals surface area contributed by atoms with Crippen LogP contribution in [0.25, 0.3) is 10.9 Å². The first kappa shape index (κ1) is 12.6. The molecule has 0 saturated carbocycles. The van der Waals surface area contributed by atoms with E-state index in [2.05, 4.69) is 60.4 Å². The zero-order chi connectivity index (χ0) is 13.0. The summed E-state index contributed by atoms with van der Waals surface area (Å²) in [7, 11) is 0. The topological polar surface area (TPSA) is 17.3 Å². The molecule has 2 rings (SSSR count). The summed E-state index contributed by atoms with van der Waals surface area (Å²) in [6.45, 7) is 8.94. The second kappa shape index (κ2) is 5.67. The number of para-hydroxylation sites is 1. The molecule has 0 aliphatic heterocycles. The molecule has 0 fully saturated rings. The molecule has 0 radical (unpaired) electrons. The lowest BCUT2D eigenvalue weighted by Gasteiger charge is -2.01. The van der Waals surface area contributed by atoms with Gasteiger partial charge in [0.15, 0.2) is 0 Å². The molecule has 1 aromatic carbocycles. The van der Waals surface area contributed by atoms with Crippen LogP contribution in [0.5, 0.6) is 0 Å². The van der Waals surface area contributed by atoms with Crippen molar-refractivity contribution in [2.24, 2.45) is 4.99 Å². The zero-order valence-electron chi connectivity index (χ0n) is 11.1. The van der Waals surface area contributed by atoms with E-state index in [1.165, 1.54) is 16.5 Å². The van der Waals surface area contributed by atoms with Crippen molar-refractivity contribution in [2.45, 2.75) is 32.9 Å². The normalized spacial score (nSPS) is 11.7. The van der Waals surface area contributed by atoms with Crippen molar-refractivity contribution in [3.8, 4) is 0 Å². The molecule has 0 atom stereocenters. The predicted octanol–water partition coefficient (Wildman–Crippen LogP) is 4.04. The van der Waals surface area contributed by atoms with E-state index in [4.69, 9.17) is 0 Å². The Kier molecular flexibility index (Phi) is 3.98. The van der Waals surface area contributed by atoms with E-state index in [-0.39, 0.29) is 0 Å². The van der Waals surface area contributed by atoms with Crippen molar-refractivity contribution >= 4 is 17.1 Å². The Balaban J connectivity index is 2.43. The molecular formula is C16H20N2. The van der Waals surface area contributed by atoms with Gasteiger partial charge in [0, 0.05) is 41.5 Å². The lowest BCUT2D eigenvalue weighted by atomic mass is 10.2. The number of hydrogen-bond acceptors (Lipinski definition) is 1. The number of allylic oxidation sites excluding steroid dienone is 1. The first-order valence-corrected chi connectivity index (χ1v) is 6.44. The molecule has 0 aliphatic rings. The van der Waals surface area contributed by atoms with Crippen LogP contribution in [-0.4, -0.2) is 16.8 Å². The van der Waals surface area contributed by atoms with Crippen LogP contribution in [0.2, 0.25) is 0 Å². The molecule has 2 aromatic rings. The molecule has 0 saturated heterocycles. The Morgan fingerprint density at radius 2 is 2.11 bits per heavy atom. The highest BCUT2D eigenvalue weighted by molar-refractivity contribution is 5.99. The minimum absolute atomic E-state index is 0.334. The third-order valence-corrected chi connectivity index (χ3v) is 2.91. The van der Waals surface area contributed by atoms with Crippen LogP contribution in [0.1, 0.15) is 25.8 Å². The summed E-state index contributed by atoms with van der Waals surface area (Å²) in [6, 6.07) is 8.80. The Morgan fingerprint density at radius 3 is 2.83 bits per heavy atom. The van der Waals surface area contributed by atoms with Gasteiger partial charge in [-0.3, -0.25) is 4.99 Å². The average molecular weight is 240 g/mol. The SMILES string of the molecule is C=CCCn1cc(C=NC(C)C)c2ccccc21. The van der Waals surface area contributed by atoms with Crippen molar-refractivity contribution in [1.29, 1.82) is 0 Å². The fourth-order valence-corrected chi connectivity index (χ4v) is 2.02. The lowest BCUT2D eigenvalue weighted by molar-refractivity contribution is 0.738. The highest BCUT2D eigenvalue weighted by atomic mass is 15.0. The monoisotopic (exact) mass is 240 g/mol. The summed E-state index contributed by atoms with van der Waals surface area (Å²) in [5.74, 6) is 0. The van der Waals surface area contributed by atoms with Gasteiger partial charge >= 0.3 is 0 Å². The molecule has 18 heavy (non-hydrogen) atoms. The van der Waals surface area contributed by atoms with E-state index in [0.717, 1.165) is 13.0 Å². The van der Waals surface area contributed by atoms with E-state index >= 15 is 0 Å².